The summed E-state index contributed by atoms with van der Waals surface area (Å²) >= 11 is 5.34. The van der Waals surface area contributed by atoms with Crippen molar-refractivity contribution in [2.75, 3.05) is 5.75 Å². The summed E-state index contributed by atoms with van der Waals surface area (Å²) < 4.78 is 1.28. The van der Waals surface area contributed by atoms with Crippen molar-refractivity contribution in [3.05, 3.63) is 28.5 Å². The highest BCUT2D eigenvalue weighted by Crippen LogP contribution is 2.24. The molecule has 5 heteroatoms. The summed E-state index contributed by atoms with van der Waals surface area (Å²) in [6.07, 6.45) is 4.57. The number of nitrogens with two attached hydrogens (primary N) is 1. The standard InChI is InChI=1S/C12H20BrN3S/c1-12(2,3)17-8-11(16-14)5-9-4-10(13)7-15-6-9/h4,6-7,11,16H,5,8,14H2,1-3H3. The molecule has 0 bridgehead atoms. The van der Waals surface area contributed by atoms with Crippen LogP contribution in [0, 0.1) is 0 Å². The van der Waals surface area contributed by atoms with Gasteiger partial charge in [0.15, 0.2) is 0 Å². The Labute approximate surface area is 116 Å². The van der Waals surface area contributed by atoms with Crippen LogP contribution in [0.4, 0.5) is 0 Å². The summed E-state index contributed by atoms with van der Waals surface area (Å²) in [6.45, 7) is 6.64. The lowest BCUT2D eigenvalue weighted by molar-refractivity contribution is 0.572. The van der Waals surface area contributed by atoms with Crippen LogP contribution >= 0.6 is 27.7 Å². The van der Waals surface area contributed by atoms with Gasteiger partial charge >= 0.3 is 0 Å². The van der Waals surface area contributed by atoms with E-state index < -0.39 is 0 Å². The number of hydrogen-bond acceptors (Lipinski definition) is 4. The number of hydrogen-bond donors (Lipinski definition) is 2. The smallest absolute Gasteiger partial charge is 0.0410 e. The van der Waals surface area contributed by atoms with Crippen molar-refractivity contribution in [1.29, 1.82) is 0 Å². The van der Waals surface area contributed by atoms with Crippen molar-refractivity contribution < 1.29 is 0 Å². The van der Waals surface area contributed by atoms with Gasteiger partial charge in [0.1, 0.15) is 0 Å². The van der Waals surface area contributed by atoms with E-state index in [-0.39, 0.29) is 10.8 Å². The first kappa shape index (κ1) is 15.0. The first-order valence-electron chi connectivity index (χ1n) is 5.60. The molecule has 0 aliphatic heterocycles. The second-order valence-corrected chi connectivity index (χ2v) is 7.76. The van der Waals surface area contributed by atoms with Crippen LogP contribution in [0.25, 0.3) is 0 Å². The molecule has 0 spiro atoms. The minimum atomic E-state index is 0.268. The van der Waals surface area contributed by atoms with Crippen molar-refractivity contribution in [3.8, 4) is 0 Å². The van der Waals surface area contributed by atoms with Gasteiger partial charge in [-0.05, 0) is 34.0 Å². The van der Waals surface area contributed by atoms with E-state index in [1.54, 1.807) is 6.20 Å². The van der Waals surface area contributed by atoms with Gasteiger partial charge in [-0.25, -0.2) is 0 Å². The normalized spacial score (nSPS) is 13.7. The Bertz CT molecular complexity index is 352. The van der Waals surface area contributed by atoms with Crippen molar-refractivity contribution >= 4 is 27.7 Å². The summed E-state index contributed by atoms with van der Waals surface area (Å²) in [5.74, 6) is 6.59. The molecule has 0 amide bonds. The van der Waals surface area contributed by atoms with Crippen LogP contribution in [0.3, 0.4) is 0 Å². The molecule has 96 valence electrons. The molecule has 1 aromatic heterocycles. The highest BCUT2D eigenvalue weighted by Gasteiger charge is 2.15. The quantitative estimate of drug-likeness (QED) is 0.647. The Kier molecular flexibility index (Phi) is 5.92. The largest absolute Gasteiger partial charge is 0.271 e. The number of rotatable bonds is 5. The third kappa shape index (κ3) is 6.41. The lowest BCUT2D eigenvalue weighted by Gasteiger charge is -2.22. The van der Waals surface area contributed by atoms with E-state index in [0.29, 0.717) is 0 Å². The Morgan fingerprint density at radius 1 is 1.47 bits per heavy atom. The number of nitrogens with one attached hydrogen (secondary N) is 1. The minimum absolute atomic E-state index is 0.268. The fourth-order valence-corrected chi connectivity index (χ4v) is 2.70. The lowest BCUT2D eigenvalue weighted by Crippen LogP contribution is -2.39. The maximum absolute atomic E-state index is 5.59. The van der Waals surface area contributed by atoms with E-state index >= 15 is 0 Å². The van der Waals surface area contributed by atoms with Gasteiger partial charge in [0.25, 0.3) is 0 Å². The molecular formula is C12H20BrN3S. The molecule has 3 N–H and O–H groups in total. The molecule has 1 aromatic rings. The second kappa shape index (κ2) is 6.73. The Balaban J connectivity index is 2.52. The van der Waals surface area contributed by atoms with Gasteiger partial charge in [-0.3, -0.25) is 16.3 Å². The number of halogens is 1. The summed E-state index contributed by atoms with van der Waals surface area (Å²) in [5, 5.41) is 0. The van der Waals surface area contributed by atoms with E-state index in [2.05, 4.69) is 53.2 Å². The van der Waals surface area contributed by atoms with Crippen molar-refractivity contribution in [3.63, 3.8) is 0 Å². The first-order valence-corrected chi connectivity index (χ1v) is 7.38. The van der Waals surface area contributed by atoms with Crippen molar-refractivity contribution in [1.82, 2.24) is 10.4 Å². The SMILES string of the molecule is CC(C)(C)SCC(Cc1cncc(Br)c1)NN. The molecule has 0 saturated heterocycles. The maximum Gasteiger partial charge on any atom is 0.0410 e. The van der Waals surface area contributed by atoms with Crippen LogP contribution in [-0.2, 0) is 6.42 Å². The molecule has 1 unspecified atom stereocenters. The van der Waals surface area contributed by atoms with Gasteiger partial charge in [0, 0.05) is 33.4 Å². The average Bonchev–Trinajstić information content (AvgIpc) is 2.23. The van der Waals surface area contributed by atoms with E-state index in [0.717, 1.165) is 16.6 Å². The third-order valence-corrected chi connectivity index (χ3v) is 4.07. The molecule has 1 rings (SSSR count). The monoisotopic (exact) mass is 317 g/mol. The van der Waals surface area contributed by atoms with Gasteiger partial charge in [-0.1, -0.05) is 20.8 Å². The fourth-order valence-electron chi connectivity index (χ4n) is 1.37. The zero-order valence-electron chi connectivity index (χ0n) is 10.5. The number of pyridine rings is 1. The Hall–Kier alpha value is -0.100. The van der Waals surface area contributed by atoms with Gasteiger partial charge in [-0.2, -0.15) is 11.8 Å². The van der Waals surface area contributed by atoms with Crippen molar-refractivity contribution in [2.45, 2.75) is 38.0 Å². The molecule has 0 saturated carbocycles. The number of thioether (sulfide) groups is 1. The van der Waals surface area contributed by atoms with Crippen LogP contribution in [0.1, 0.15) is 26.3 Å². The van der Waals surface area contributed by atoms with Crippen LogP contribution in [0.2, 0.25) is 0 Å². The zero-order chi connectivity index (χ0) is 12.9. The highest BCUT2D eigenvalue weighted by atomic mass is 79.9. The lowest BCUT2D eigenvalue weighted by atomic mass is 10.1. The van der Waals surface area contributed by atoms with E-state index in [1.165, 1.54) is 5.56 Å². The van der Waals surface area contributed by atoms with Gasteiger partial charge in [-0.15, -0.1) is 0 Å². The molecule has 1 atom stereocenters. The Morgan fingerprint density at radius 3 is 2.71 bits per heavy atom. The summed E-state index contributed by atoms with van der Waals surface area (Å²) in [4.78, 5) is 4.16. The summed E-state index contributed by atoms with van der Waals surface area (Å²) in [6, 6.07) is 2.36. The van der Waals surface area contributed by atoms with Crippen LogP contribution in [0.15, 0.2) is 22.9 Å². The number of nitrogens with zero attached hydrogens (tertiary/aromatic N) is 1. The summed E-state index contributed by atoms with van der Waals surface area (Å²) in [5.41, 5.74) is 4.07. The van der Waals surface area contributed by atoms with Gasteiger partial charge in [0.05, 0.1) is 0 Å². The molecule has 0 aromatic carbocycles. The summed E-state index contributed by atoms with van der Waals surface area (Å²) in [7, 11) is 0. The van der Waals surface area contributed by atoms with Crippen LogP contribution in [-0.4, -0.2) is 21.5 Å². The molecule has 1 heterocycles. The van der Waals surface area contributed by atoms with E-state index in [9.17, 15) is 0 Å². The number of hydrazine groups is 1. The maximum atomic E-state index is 5.59. The van der Waals surface area contributed by atoms with Crippen LogP contribution < -0.4 is 11.3 Å². The minimum Gasteiger partial charge on any atom is -0.271 e. The predicted molar refractivity (Wildman–Crippen MR) is 79.0 cm³/mol. The molecule has 3 nitrogen and oxygen atoms in total. The fraction of sp³-hybridized carbons (Fsp3) is 0.583. The van der Waals surface area contributed by atoms with E-state index in [4.69, 9.17) is 5.84 Å². The van der Waals surface area contributed by atoms with E-state index in [1.807, 2.05) is 18.0 Å². The molecule has 17 heavy (non-hydrogen) atoms. The third-order valence-electron chi connectivity index (χ3n) is 2.20. The predicted octanol–water partition coefficient (Wildman–Crippen LogP) is 2.75. The average molecular weight is 318 g/mol. The highest BCUT2D eigenvalue weighted by molar-refractivity contribution is 9.10. The molecule has 0 radical (unpaired) electrons. The zero-order valence-corrected chi connectivity index (χ0v) is 12.9. The molecular weight excluding hydrogens is 298 g/mol. The first-order chi connectivity index (χ1) is 7.90. The molecule has 0 aliphatic carbocycles. The second-order valence-electron chi connectivity index (χ2n) is 5.00. The topological polar surface area (TPSA) is 50.9 Å². The molecule has 0 fully saturated rings. The van der Waals surface area contributed by atoms with Crippen molar-refractivity contribution in [2.24, 2.45) is 5.84 Å². The Morgan fingerprint density at radius 2 is 2.18 bits per heavy atom. The molecule has 0 aliphatic rings. The number of aromatic nitrogens is 1. The van der Waals surface area contributed by atoms with Gasteiger partial charge < -0.3 is 0 Å². The van der Waals surface area contributed by atoms with Crippen LogP contribution in [0.5, 0.6) is 0 Å². The van der Waals surface area contributed by atoms with Gasteiger partial charge in [0.2, 0.25) is 0 Å².